The normalized spacial score (nSPS) is 18.2. The van der Waals surface area contributed by atoms with E-state index in [0.29, 0.717) is 13.2 Å². The zero-order valence-corrected chi connectivity index (χ0v) is 11.3. The van der Waals surface area contributed by atoms with Gasteiger partial charge in [0.25, 0.3) is 0 Å². The van der Waals surface area contributed by atoms with E-state index in [1.165, 1.54) is 0 Å². The highest BCUT2D eigenvalue weighted by Gasteiger charge is 2.34. The Labute approximate surface area is 113 Å². The molecule has 0 aromatic heterocycles. The molecule has 2 rings (SSSR count). The van der Waals surface area contributed by atoms with Crippen molar-refractivity contribution in [3.05, 3.63) is 30.3 Å². The number of hydrogen-bond donors (Lipinski definition) is 2. The fourth-order valence-corrected chi connectivity index (χ4v) is 2.00. The zero-order valence-electron chi connectivity index (χ0n) is 11.3. The van der Waals surface area contributed by atoms with E-state index < -0.39 is 5.60 Å². The first-order chi connectivity index (χ1) is 9.09. The number of carbonyl (C=O) groups excluding carboxylic acids is 1. The Hall–Kier alpha value is -1.55. The molecule has 0 aliphatic heterocycles. The Kier molecular flexibility index (Phi) is 4.43. The summed E-state index contributed by atoms with van der Waals surface area (Å²) in [5, 5.41) is 12.7. The first kappa shape index (κ1) is 13.9. The van der Waals surface area contributed by atoms with Crippen molar-refractivity contribution in [2.75, 3.05) is 13.2 Å². The first-order valence-electron chi connectivity index (χ1n) is 6.77. The van der Waals surface area contributed by atoms with Crippen LogP contribution in [-0.4, -0.2) is 29.8 Å². The van der Waals surface area contributed by atoms with Crippen molar-refractivity contribution in [3.63, 3.8) is 0 Å². The quantitative estimate of drug-likeness (QED) is 0.822. The van der Waals surface area contributed by atoms with Gasteiger partial charge >= 0.3 is 0 Å². The molecule has 0 saturated heterocycles. The minimum atomic E-state index is -0.671. The summed E-state index contributed by atoms with van der Waals surface area (Å²) in [5.41, 5.74) is -0.671. The summed E-state index contributed by atoms with van der Waals surface area (Å²) in [6.45, 7) is 2.51. The van der Waals surface area contributed by atoms with Crippen molar-refractivity contribution in [2.45, 2.75) is 31.8 Å². The van der Waals surface area contributed by atoms with Crippen LogP contribution in [0.3, 0.4) is 0 Å². The van der Waals surface area contributed by atoms with Crippen molar-refractivity contribution in [3.8, 4) is 5.75 Å². The Balaban J connectivity index is 1.70. The molecule has 1 atom stereocenters. The molecule has 0 bridgehead atoms. The molecule has 4 nitrogen and oxygen atoms in total. The van der Waals surface area contributed by atoms with E-state index in [0.717, 1.165) is 25.0 Å². The van der Waals surface area contributed by atoms with Crippen LogP contribution < -0.4 is 10.1 Å². The number of hydrogen-bond acceptors (Lipinski definition) is 3. The van der Waals surface area contributed by atoms with Crippen LogP contribution in [0, 0.1) is 5.92 Å². The van der Waals surface area contributed by atoms with Gasteiger partial charge in [-0.25, -0.2) is 0 Å². The molecular weight excluding hydrogens is 242 g/mol. The SMILES string of the molecule is CC(COc1ccccc1)C(=O)NCC1(O)CCC1. The number of carbonyl (C=O) groups is 1. The zero-order chi connectivity index (χ0) is 13.7. The topological polar surface area (TPSA) is 58.6 Å². The molecule has 19 heavy (non-hydrogen) atoms. The van der Waals surface area contributed by atoms with Crippen LogP contribution in [-0.2, 0) is 4.79 Å². The van der Waals surface area contributed by atoms with Gasteiger partial charge in [0.2, 0.25) is 5.91 Å². The highest BCUT2D eigenvalue weighted by atomic mass is 16.5. The third-order valence-electron chi connectivity index (χ3n) is 3.57. The average molecular weight is 263 g/mol. The third-order valence-corrected chi connectivity index (χ3v) is 3.57. The number of benzene rings is 1. The van der Waals surface area contributed by atoms with Gasteiger partial charge < -0.3 is 15.2 Å². The lowest BCUT2D eigenvalue weighted by Crippen LogP contribution is -2.49. The summed E-state index contributed by atoms with van der Waals surface area (Å²) in [5.74, 6) is 0.458. The van der Waals surface area contributed by atoms with Crippen LogP contribution in [0.15, 0.2) is 30.3 Å². The second kappa shape index (κ2) is 6.06. The molecule has 1 aromatic carbocycles. The highest BCUT2D eigenvalue weighted by Crippen LogP contribution is 2.30. The summed E-state index contributed by atoms with van der Waals surface area (Å²) >= 11 is 0. The molecule has 1 aromatic rings. The Bertz CT molecular complexity index is 415. The Morgan fingerprint density at radius 2 is 2.11 bits per heavy atom. The molecule has 1 fully saturated rings. The van der Waals surface area contributed by atoms with Crippen LogP contribution in [0.4, 0.5) is 0 Å². The largest absolute Gasteiger partial charge is 0.493 e. The maximum Gasteiger partial charge on any atom is 0.226 e. The third kappa shape index (κ3) is 3.96. The summed E-state index contributed by atoms with van der Waals surface area (Å²) in [7, 11) is 0. The van der Waals surface area contributed by atoms with Gasteiger partial charge in [0.1, 0.15) is 5.75 Å². The van der Waals surface area contributed by atoms with Gasteiger partial charge in [-0.15, -0.1) is 0 Å². The average Bonchev–Trinajstić information content (AvgIpc) is 2.41. The molecule has 1 aliphatic rings. The van der Waals surface area contributed by atoms with E-state index in [9.17, 15) is 9.90 Å². The predicted octanol–water partition coefficient (Wildman–Crippen LogP) is 1.73. The van der Waals surface area contributed by atoms with E-state index >= 15 is 0 Å². The monoisotopic (exact) mass is 263 g/mol. The van der Waals surface area contributed by atoms with Gasteiger partial charge in [0.05, 0.1) is 18.1 Å². The van der Waals surface area contributed by atoms with Crippen molar-refractivity contribution < 1.29 is 14.6 Å². The van der Waals surface area contributed by atoms with Crippen molar-refractivity contribution in [2.24, 2.45) is 5.92 Å². The summed E-state index contributed by atoms with van der Waals surface area (Å²) in [6.07, 6.45) is 2.60. The lowest BCUT2D eigenvalue weighted by Gasteiger charge is -2.36. The lowest BCUT2D eigenvalue weighted by atomic mass is 9.80. The van der Waals surface area contributed by atoms with E-state index in [1.54, 1.807) is 0 Å². The van der Waals surface area contributed by atoms with Crippen LogP contribution in [0.5, 0.6) is 5.75 Å². The van der Waals surface area contributed by atoms with Crippen LogP contribution >= 0.6 is 0 Å². The van der Waals surface area contributed by atoms with E-state index in [2.05, 4.69) is 5.32 Å². The van der Waals surface area contributed by atoms with Gasteiger partial charge in [-0.05, 0) is 31.4 Å². The maximum atomic E-state index is 11.8. The minimum Gasteiger partial charge on any atom is -0.493 e. The van der Waals surface area contributed by atoms with Crippen LogP contribution in [0.1, 0.15) is 26.2 Å². The van der Waals surface area contributed by atoms with Crippen LogP contribution in [0.2, 0.25) is 0 Å². The molecule has 1 aliphatic carbocycles. The van der Waals surface area contributed by atoms with Gasteiger partial charge in [-0.1, -0.05) is 25.1 Å². The van der Waals surface area contributed by atoms with Gasteiger partial charge in [-0.3, -0.25) is 4.79 Å². The molecule has 1 amide bonds. The molecular formula is C15H21NO3. The molecule has 2 N–H and O–H groups in total. The number of rotatable bonds is 6. The number of aliphatic hydroxyl groups is 1. The second-order valence-electron chi connectivity index (χ2n) is 5.32. The lowest BCUT2D eigenvalue weighted by molar-refractivity contribution is -0.127. The summed E-state index contributed by atoms with van der Waals surface area (Å²) < 4.78 is 5.54. The van der Waals surface area contributed by atoms with E-state index in [4.69, 9.17) is 4.74 Å². The van der Waals surface area contributed by atoms with Gasteiger partial charge in [0.15, 0.2) is 0 Å². The number of para-hydroxylation sites is 1. The van der Waals surface area contributed by atoms with E-state index in [1.807, 2.05) is 37.3 Å². The summed E-state index contributed by atoms with van der Waals surface area (Å²) in [6, 6.07) is 9.43. The molecule has 1 unspecified atom stereocenters. The van der Waals surface area contributed by atoms with Gasteiger partial charge in [0, 0.05) is 6.54 Å². The summed E-state index contributed by atoms with van der Waals surface area (Å²) in [4.78, 5) is 11.8. The molecule has 0 heterocycles. The molecule has 0 radical (unpaired) electrons. The standard InChI is InChI=1S/C15H21NO3/c1-12(10-19-13-6-3-2-4-7-13)14(17)16-11-15(18)8-5-9-15/h2-4,6-7,12,18H,5,8-11H2,1H3,(H,16,17). The number of ether oxygens (including phenoxy) is 1. The van der Waals surface area contributed by atoms with Gasteiger partial charge in [-0.2, -0.15) is 0 Å². The molecule has 104 valence electrons. The predicted molar refractivity (Wildman–Crippen MR) is 72.9 cm³/mol. The van der Waals surface area contributed by atoms with Crippen LogP contribution in [0.25, 0.3) is 0 Å². The number of amides is 1. The van der Waals surface area contributed by atoms with Crippen molar-refractivity contribution >= 4 is 5.91 Å². The van der Waals surface area contributed by atoms with Crippen molar-refractivity contribution in [1.82, 2.24) is 5.32 Å². The maximum absolute atomic E-state index is 11.8. The molecule has 4 heteroatoms. The Morgan fingerprint density at radius 3 is 2.68 bits per heavy atom. The Morgan fingerprint density at radius 1 is 1.42 bits per heavy atom. The molecule has 1 saturated carbocycles. The van der Waals surface area contributed by atoms with Crippen molar-refractivity contribution in [1.29, 1.82) is 0 Å². The smallest absolute Gasteiger partial charge is 0.226 e. The minimum absolute atomic E-state index is 0.0729. The fraction of sp³-hybridized carbons (Fsp3) is 0.533. The number of nitrogens with one attached hydrogen (secondary N) is 1. The highest BCUT2D eigenvalue weighted by molar-refractivity contribution is 5.78. The second-order valence-corrected chi connectivity index (χ2v) is 5.32. The molecule has 0 spiro atoms. The fourth-order valence-electron chi connectivity index (χ4n) is 2.00. The first-order valence-corrected chi connectivity index (χ1v) is 6.77. The van der Waals surface area contributed by atoms with E-state index in [-0.39, 0.29) is 11.8 Å².